The van der Waals surface area contributed by atoms with E-state index in [0.29, 0.717) is 5.82 Å². The Bertz CT molecular complexity index is 598. The third-order valence-electron chi connectivity index (χ3n) is 3.61. The van der Waals surface area contributed by atoms with Crippen LogP contribution in [0.4, 0.5) is 5.82 Å². The molecule has 1 amide bonds. The van der Waals surface area contributed by atoms with Gasteiger partial charge in [-0.3, -0.25) is 4.79 Å². The maximum atomic E-state index is 11.9. The molecule has 0 aromatic carbocycles. The number of nitrogens with one attached hydrogen (secondary N) is 1. The van der Waals surface area contributed by atoms with Gasteiger partial charge in [0.25, 0.3) is 5.91 Å². The number of nitrogens with zero attached hydrogens (tertiary/aromatic N) is 5. The van der Waals surface area contributed by atoms with Gasteiger partial charge in [0.1, 0.15) is 12.0 Å². The van der Waals surface area contributed by atoms with Gasteiger partial charge in [-0.1, -0.05) is 13.0 Å². The van der Waals surface area contributed by atoms with E-state index in [1.165, 1.54) is 12.8 Å². The second kappa shape index (κ2) is 7.71. The second-order valence-corrected chi connectivity index (χ2v) is 6.19. The first-order valence-corrected chi connectivity index (χ1v) is 7.67. The lowest BCUT2D eigenvalue weighted by atomic mass is 10.3. The molecule has 1 saturated carbocycles. The highest BCUT2D eigenvalue weighted by molar-refractivity contribution is 5.92. The summed E-state index contributed by atoms with van der Waals surface area (Å²) >= 11 is 0. The molecular formula is C16H24N6O. The van der Waals surface area contributed by atoms with Crippen LogP contribution in [0.1, 0.15) is 23.8 Å². The van der Waals surface area contributed by atoms with E-state index in [1.54, 1.807) is 29.4 Å². The van der Waals surface area contributed by atoms with Crippen molar-refractivity contribution in [1.82, 2.24) is 20.2 Å². The molecule has 1 aliphatic carbocycles. The van der Waals surface area contributed by atoms with Crippen molar-refractivity contribution in [2.75, 3.05) is 27.7 Å². The number of pyridine rings is 1. The molecule has 1 heterocycles. The van der Waals surface area contributed by atoms with Crippen molar-refractivity contribution in [2.45, 2.75) is 13.3 Å². The van der Waals surface area contributed by atoms with E-state index in [2.05, 4.69) is 32.3 Å². The van der Waals surface area contributed by atoms with Gasteiger partial charge in [0.2, 0.25) is 0 Å². The SMILES string of the molecule is CC1C[C@H]1CN(C)/C=N/c1cccc(C(=O)N/N=C/N(C)C)n1. The number of aliphatic imine (C=N–C) groups is 1. The lowest BCUT2D eigenvalue weighted by molar-refractivity contribution is 0.0950. The zero-order valence-corrected chi connectivity index (χ0v) is 14.1. The number of amides is 1. The number of hydrazone groups is 1. The molecule has 1 unspecified atom stereocenters. The summed E-state index contributed by atoms with van der Waals surface area (Å²) in [6.45, 7) is 3.27. The number of hydrogen-bond acceptors (Lipinski definition) is 4. The van der Waals surface area contributed by atoms with Crippen molar-refractivity contribution in [3.05, 3.63) is 23.9 Å². The molecule has 0 saturated heterocycles. The summed E-state index contributed by atoms with van der Waals surface area (Å²) in [5.41, 5.74) is 2.71. The van der Waals surface area contributed by atoms with E-state index in [-0.39, 0.29) is 11.6 Å². The first kappa shape index (κ1) is 16.9. The molecule has 7 heteroatoms. The van der Waals surface area contributed by atoms with Gasteiger partial charge in [-0.05, 0) is 30.4 Å². The van der Waals surface area contributed by atoms with E-state index < -0.39 is 0 Å². The van der Waals surface area contributed by atoms with E-state index in [9.17, 15) is 4.79 Å². The molecule has 0 radical (unpaired) electrons. The molecule has 0 spiro atoms. The quantitative estimate of drug-likeness (QED) is 0.471. The predicted molar refractivity (Wildman–Crippen MR) is 91.9 cm³/mol. The van der Waals surface area contributed by atoms with Gasteiger partial charge >= 0.3 is 0 Å². The maximum Gasteiger partial charge on any atom is 0.290 e. The van der Waals surface area contributed by atoms with Crippen LogP contribution >= 0.6 is 0 Å². The topological polar surface area (TPSA) is 73.2 Å². The van der Waals surface area contributed by atoms with Crippen molar-refractivity contribution in [3.8, 4) is 0 Å². The minimum Gasteiger partial charge on any atom is -0.367 e. The Hall–Kier alpha value is -2.44. The van der Waals surface area contributed by atoms with Crippen LogP contribution in [0.2, 0.25) is 0 Å². The third-order valence-corrected chi connectivity index (χ3v) is 3.61. The van der Waals surface area contributed by atoms with Crippen molar-refractivity contribution in [2.24, 2.45) is 21.9 Å². The van der Waals surface area contributed by atoms with Crippen LogP contribution in [0, 0.1) is 11.8 Å². The molecule has 1 aromatic heterocycles. The highest BCUT2D eigenvalue weighted by Crippen LogP contribution is 2.37. The van der Waals surface area contributed by atoms with Gasteiger partial charge in [0.05, 0.1) is 6.34 Å². The fourth-order valence-corrected chi connectivity index (χ4v) is 2.11. The lowest BCUT2D eigenvalue weighted by Crippen LogP contribution is -2.21. The maximum absolute atomic E-state index is 11.9. The highest BCUT2D eigenvalue weighted by Gasteiger charge is 2.32. The Labute approximate surface area is 137 Å². The van der Waals surface area contributed by atoms with Crippen molar-refractivity contribution in [3.63, 3.8) is 0 Å². The minimum absolute atomic E-state index is 0.286. The zero-order chi connectivity index (χ0) is 16.8. The van der Waals surface area contributed by atoms with E-state index >= 15 is 0 Å². The molecule has 0 bridgehead atoms. The van der Waals surface area contributed by atoms with Crippen LogP contribution in [0.15, 0.2) is 28.3 Å². The van der Waals surface area contributed by atoms with Gasteiger partial charge < -0.3 is 9.80 Å². The number of carbonyl (C=O) groups excluding carboxylic acids is 1. The number of rotatable bonds is 7. The summed E-state index contributed by atoms with van der Waals surface area (Å²) in [7, 11) is 5.64. The fourth-order valence-electron chi connectivity index (χ4n) is 2.11. The van der Waals surface area contributed by atoms with Gasteiger partial charge in [-0.25, -0.2) is 15.4 Å². The molecule has 2 atom stereocenters. The normalized spacial score (nSPS) is 20.0. The Morgan fingerprint density at radius 1 is 1.39 bits per heavy atom. The van der Waals surface area contributed by atoms with Gasteiger partial charge in [-0.15, -0.1) is 0 Å². The first-order chi connectivity index (χ1) is 11.0. The summed E-state index contributed by atoms with van der Waals surface area (Å²) < 4.78 is 0. The van der Waals surface area contributed by atoms with Crippen molar-refractivity contribution < 1.29 is 4.79 Å². The van der Waals surface area contributed by atoms with Crippen LogP contribution in [-0.4, -0.2) is 61.1 Å². The molecule has 7 nitrogen and oxygen atoms in total. The predicted octanol–water partition coefficient (Wildman–Crippen LogP) is 1.56. The van der Waals surface area contributed by atoms with E-state index in [1.807, 2.05) is 21.1 Å². The second-order valence-electron chi connectivity index (χ2n) is 6.19. The van der Waals surface area contributed by atoms with Crippen LogP contribution in [0.3, 0.4) is 0 Å². The molecule has 1 N–H and O–H groups in total. The van der Waals surface area contributed by atoms with Gasteiger partial charge in [0.15, 0.2) is 5.82 Å². The summed E-state index contributed by atoms with van der Waals surface area (Å²) in [6.07, 6.45) is 4.56. The average Bonchev–Trinajstić information content (AvgIpc) is 3.20. The molecule has 1 aliphatic rings. The Kier molecular flexibility index (Phi) is 5.67. The lowest BCUT2D eigenvalue weighted by Gasteiger charge is -2.11. The number of hydrogen-bond donors (Lipinski definition) is 1. The Balaban J connectivity index is 1.92. The largest absolute Gasteiger partial charge is 0.367 e. The van der Waals surface area contributed by atoms with Crippen molar-refractivity contribution >= 4 is 24.4 Å². The third kappa shape index (κ3) is 5.69. The molecule has 1 fully saturated rings. The molecular weight excluding hydrogens is 292 g/mol. The summed E-state index contributed by atoms with van der Waals surface area (Å²) in [4.78, 5) is 24.3. The van der Waals surface area contributed by atoms with Crippen LogP contribution < -0.4 is 5.43 Å². The Morgan fingerprint density at radius 2 is 2.13 bits per heavy atom. The molecule has 124 valence electrons. The minimum atomic E-state index is -0.361. The van der Waals surface area contributed by atoms with Gasteiger partial charge in [-0.2, -0.15) is 5.10 Å². The van der Waals surface area contributed by atoms with Crippen LogP contribution in [-0.2, 0) is 0 Å². The van der Waals surface area contributed by atoms with Crippen molar-refractivity contribution in [1.29, 1.82) is 0 Å². The molecule has 0 aliphatic heterocycles. The molecule has 1 aromatic rings. The van der Waals surface area contributed by atoms with E-state index in [4.69, 9.17) is 0 Å². The number of carbonyl (C=O) groups is 1. The summed E-state index contributed by atoms with van der Waals surface area (Å²) in [5.74, 6) is 1.73. The zero-order valence-electron chi connectivity index (χ0n) is 14.1. The van der Waals surface area contributed by atoms with E-state index in [0.717, 1.165) is 18.4 Å². The molecule has 2 rings (SSSR count). The monoisotopic (exact) mass is 316 g/mol. The smallest absolute Gasteiger partial charge is 0.290 e. The van der Waals surface area contributed by atoms with Gasteiger partial charge in [0, 0.05) is 27.7 Å². The Morgan fingerprint density at radius 3 is 2.78 bits per heavy atom. The molecule has 23 heavy (non-hydrogen) atoms. The van der Waals surface area contributed by atoms with Crippen LogP contribution in [0.25, 0.3) is 0 Å². The van der Waals surface area contributed by atoms with Crippen LogP contribution in [0.5, 0.6) is 0 Å². The fraction of sp³-hybridized carbons (Fsp3) is 0.500. The average molecular weight is 316 g/mol. The first-order valence-electron chi connectivity index (χ1n) is 7.67. The standard InChI is InChI=1S/C16H24N6O/c1-12-8-13(12)9-22(4)10-17-15-7-5-6-14(19-15)16(23)20-18-11-21(2)3/h5-7,10-13H,8-9H2,1-4H3,(H,20,23)/b17-10+,18-11+/t12?,13-/m0/s1. The highest BCUT2D eigenvalue weighted by atomic mass is 16.2. The number of aromatic nitrogens is 1. The summed E-state index contributed by atoms with van der Waals surface area (Å²) in [6, 6.07) is 5.16. The summed E-state index contributed by atoms with van der Waals surface area (Å²) in [5, 5.41) is 3.81.